The lowest BCUT2D eigenvalue weighted by molar-refractivity contribution is -0.113. The van der Waals surface area contributed by atoms with E-state index in [0.717, 1.165) is 5.69 Å². The van der Waals surface area contributed by atoms with Crippen LogP contribution in [0.4, 0.5) is 9.52 Å². The number of nitrogens with one attached hydrogen (secondary N) is 2. The van der Waals surface area contributed by atoms with Crippen LogP contribution in [0.3, 0.4) is 0 Å². The molecule has 2 N–H and O–H groups in total. The second-order valence-electron chi connectivity index (χ2n) is 7.56. The molecule has 4 aromatic rings. The molecule has 0 aliphatic carbocycles. The average molecular weight is 443 g/mol. The van der Waals surface area contributed by atoms with Crippen molar-refractivity contribution in [2.24, 2.45) is 0 Å². The van der Waals surface area contributed by atoms with Crippen molar-refractivity contribution in [1.29, 1.82) is 0 Å². The summed E-state index contributed by atoms with van der Waals surface area (Å²) in [7, 11) is 0. The number of rotatable bonds is 5. The Morgan fingerprint density at radius 1 is 1.23 bits per heavy atom. The SMILES string of the molecule is CC(C)(C)c1csc(NC(=O)CSc2nc(-c3ccccc3F)nc3nc[nH]c23)n1. The van der Waals surface area contributed by atoms with Gasteiger partial charge in [-0.1, -0.05) is 44.7 Å². The number of imidazole rings is 1. The molecule has 0 saturated heterocycles. The number of nitrogens with zero attached hydrogens (tertiary/aromatic N) is 4. The highest BCUT2D eigenvalue weighted by molar-refractivity contribution is 8.00. The van der Waals surface area contributed by atoms with Crippen LogP contribution in [0.25, 0.3) is 22.6 Å². The highest BCUT2D eigenvalue weighted by Crippen LogP contribution is 2.29. The van der Waals surface area contributed by atoms with Crippen LogP contribution in [0.15, 0.2) is 41.0 Å². The van der Waals surface area contributed by atoms with E-state index in [2.05, 4.69) is 51.0 Å². The van der Waals surface area contributed by atoms with Crippen LogP contribution < -0.4 is 5.32 Å². The van der Waals surface area contributed by atoms with Crippen molar-refractivity contribution in [2.75, 3.05) is 11.1 Å². The number of fused-ring (bicyclic) bond motifs is 1. The zero-order valence-electron chi connectivity index (χ0n) is 16.6. The number of halogens is 1. The number of aromatic nitrogens is 5. The number of H-pyrrole nitrogens is 1. The highest BCUT2D eigenvalue weighted by atomic mass is 32.2. The number of anilines is 1. The maximum atomic E-state index is 14.2. The summed E-state index contributed by atoms with van der Waals surface area (Å²) in [4.78, 5) is 32.9. The third kappa shape index (κ3) is 4.34. The lowest BCUT2D eigenvalue weighted by atomic mass is 9.93. The van der Waals surface area contributed by atoms with Crippen LogP contribution in [0, 0.1) is 5.82 Å². The summed E-state index contributed by atoms with van der Waals surface area (Å²) in [6.07, 6.45) is 1.50. The van der Waals surface area contributed by atoms with Crippen molar-refractivity contribution in [2.45, 2.75) is 31.2 Å². The Balaban J connectivity index is 1.52. The molecule has 7 nitrogen and oxygen atoms in total. The summed E-state index contributed by atoms with van der Waals surface area (Å²) < 4.78 is 14.2. The van der Waals surface area contributed by atoms with E-state index in [9.17, 15) is 9.18 Å². The third-order valence-electron chi connectivity index (χ3n) is 4.23. The van der Waals surface area contributed by atoms with Gasteiger partial charge in [0.15, 0.2) is 16.6 Å². The predicted molar refractivity (Wildman–Crippen MR) is 117 cm³/mol. The molecule has 0 unspecified atom stereocenters. The standard InChI is InChI=1S/C20H19FN6OS2/c1-20(2,3)13-8-30-19(24-13)25-14(28)9-29-18-15-17(23-10-22-15)26-16(27-18)11-6-4-5-7-12(11)21/h4-8,10H,9H2,1-3H3,(H,24,25,28)(H,22,23,26,27). The Morgan fingerprint density at radius 2 is 2.03 bits per heavy atom. The fourth-order valence-corrected chi connectivity index (χ4v) is 4.38. The number of benzene rings is 1. The molecule has 0 radical (unpaired) electrons. The second kappa shape index (κ2) is 8.11. The van der Waals surface area contributed by atoms with Gasteiger partial charge in [0, 0.05) is 10.8 Å². The number of thiazole rings is 1. The highest BCUT2D eigenvalue weighted by Gasteiger charge is 2.19. The van der Waals surface area contributed by atoms with Gasteiger partial charge >= 0.3 is 0 Å². The zero-order valence-corrected chi connectivity index (χ0v) is 18.2. The minimum absolute atomic E-state index is 0.0788. The number of thioether (sulfide) groups is 1. The molecule has 0 atom stereocenters. The first-order chi connectivity index (χ1) is 14.3. The van der Waals surface area contributed by atoms with Crippen LogP contribution in [0.1, 0.15) is 26.5 Å². The predicted octanol–water partition coefficient (Wildman–Crippen LogP) is 4.64. The molecule has 0 saturated carbocycles. The van der Waals surface area contributed by atoms with Gasteiger partial charge in [0.25, 0.3) is 0 Å². The number of aromatic amines is 1. The molecule has 0 aliphatic heterocycles. The summed E-state index contributed by atoms with van der Waals surface area (Å²) in [5.74, 6) is -0.273. The van der Waals surface area contributed by atoms with E-state index >= 15 is 0 Å². The Morgan fingerprint density at radius 3 is 2.77 bits per heavy atom. The van der Waals surface area contributed by atoms with Gasteiger partial charge in [-0.2, -0.15) is 0 Å². The Hall–Kier alpha value is -2.85. The van der Waals surface area contributed by atoms with E-state index in [1.165, 1.54) is 35.5 Å². The zero-order chi connectivity index (χ0) is 21.3. The van der Waals surface area contributed by atoms with Crippen LogP contribution >= 0.6 is 23.1 Å². The van der Waals surface area contributed by atoms with Gasteiger partial charge in [0.1, 0.15) is 16.4 Å². The van der Waals surface area contributed by atoms with Crippen molar-refractivity contribution in [3.63, 3.8) is 0 Å². The number of hydrogen-bond acceptors (Lipinski definition) is 7. The maximum absolute atomic E-state index is 14.2. The van der Waals surface area contributed by atoms with Gasteiger partial charge in [-0.3, -0.25) is 4.79 Å². The Kier molecular flexibility index (Phi) is 5.52. The van der Waals surface area contributed by atoms with Gasteiger partial charge in [-0.15, -0.1) is 11.3 Å². The van der Waals surface area contributed by atoms with Crippen molar-refractivity contribution in [1.82, 2.24) is 24.9 Å². The van der Waals surface area contributed by atoms with Gasteiger partial charge in [0.05, 0.1) is 23.3 Å². The van der Waals surface area contributed by atoms with Gasteiger partial charge < -0.3 is 10.3 Å². The van der Waals surface area contributed by atoms with E-state index in [-0.39, 0.29) is 28.5 Å². The molecule has 4 rings (SSSR count). The fraction of sp³-hybridized carbons (Fsp3) is 0.250. The first-order valence-corrected chi connectivity index (χ1v) is 11.0. The molecule has 154 valence electrons. The van der Waals surface area contributed by atoms with Crippen LogP contribution in [-0.2, 0) is 10.2 Å². The smallest absolute Gasteiger partial charge is 0.236 e. The van der Waals surface area contributed by atoms with E-state index in [4.69, 9.17) is 0 Å². The van der Waals surface area contributed by atoms with Crippen molar-refractivity contribution >= 4 is 45.3 Å². The Labute approximate surface area is 180 Å². The molecule has 30 heavy (non-hydrogen) atoms. The molecule has 3 heterocycles. The van der Waals surface area contributed by atoms with E-state index in [1.807, 2.05) is 5.38 Å². The van der Waals surface area contributed by atoms with E-state index < -0.39 is 5.82 Å². The number of carbonyl (C=O) groups excluding carboxylic acids is 1. The van der Waals surface area contributed by atoms with Crippen molar-refractivity contribution in [3.8, 4) is 11.4 Å². The summed E-state index contributed by atoms with van der Waals surface area (Å²) in [6.45, 7) is 6.21. The molecular formula is C20H19FN6OS2. The summed E-state index contributed by atoms with van der Waals surface area (Å²) >= 11 is 2.62. The van der Waals surface area contributed by atoms with E-state index in [0.29, 0.717) is 21.3 Å². The number of amides is 1. The first kappa shape index (κ1) is 20.4. The van der Waals surface area contributed by atoms with Gasteiger partial charge in [0.2, 0.25) is 5.91 Å². The number of carbonyl (C=O) groups is 1. The average Bonchev–Trinajstić information content (AvgIpc) is 3.35. The molecule has 3 aromatic heterocycles. The largest absolute Gasteiger partial charge is 0.341 e. The minimum atomic E-state index is -0.417. The van der Waals surface area contributed by atoms with E-state index in [1.54, 1.807) is 18.2 Å². The topological polar surface area (TPSA) is 96.5 Å². The molecule has 1 amide bonds. The third-order valence-corrected chi connectivity index (χ3v) is 5.96. The van der Waals surface area contributed by atoms with Crippen molar-refractivity contribution < 1.29 is 9.18 Å². The van der Waals surface area contributed by atoms with Gasteiger partial charge in [-0.25, -0.2) is 24.3 Å². The molecule has 10 heteroatoms. The molecule has 0 fully saturated rings. The Bertz CT molecular complexity index is 1210. The van der Waals surface area contributed by atoms with Crippen molar-refractivity contribution in [3.05, 3.63) is 47.5 Å². The van der Waals surface area contributed by atoms with Crippen LogP contribution in [0.2, 0.25) is 0 Å². The lowest BCUT2D eigenvalue weighted by Gasteiger charge is -2.14. The molecule has 1 aromatic carbocycles. The minimum Gasteiger partial charge on any atom is -0.341 e. The second-order valence-corrected chi connectivity index (χ2v) is 9.38. The normalized spacial score (nSPS) is 11.7. The fourth-order valence-electron chi connectivity index (χ4n) is 2.64. The monoisotopic (exact) mass is 442 g/mol. The summed E-state index contributed by atoms with van der Waals surface area (Å²) in [5.41, 5.74) is 2.16. The molecular weight excluding hydrogens is 423 g/mol. The lowest BCUT2D eigenvalue weighted by Crippen LogP contribution is -2.15. The number of hydrogen-bond donors (Lipinski definition) is 2. The summed E-state index contributed by atoms with van der Waals surface area (Å²) in [5, 5.41) is 5.86. The molecule has 0 spiro atoms. The molecule has 0 aliphatic rings. The van der Waals surface area contributed by atoms with Crippen LogP contribution in [0.5, 0.6) is 0 Å². The van der Waals surface area contributed by atoms with Crippen LogP contribution in [-0.4, -0.2) is 36.6 Å². The maximum Gasteiger partial charge on any atom is 0.236 e. The quantitative estimate of drug-likeness (QED) is 0.345. The summed E-state index contributed by atoms with van der Waals surface area (Å²) in [6, 6.07) is 6.29. The molecule has 0 bridgehead atoms. The first-order valence-electron chi connectivity index (χ1n) is 9.16. The van der Waals surface area contributed by atoms with Gasteiger partial charge in [-0.05, 0) is 12.1 Å².